The Morgan fingerprint density at radius 3 is 3.00 bits per heavy atom. The topological polar surface area (TPSA) is 12.9 Å². The Hall–Kier alpha value is -1.22. The second-order valence-electron chi connectivity index (χ2n) is 2.25. The molecule has 3 heteroatoms. The molecule has 0 amide bonds. The minimum atomic E-state index is -0.345. The van der Waals surface area contributed by atoms with E-state index in [1.54, 1.807) is 18.3 Å². The normalized spacial score (nSPS) is 10.1. The first-order valence-electron chi connectivity index (χ1n) is 3.44. The maximum Gasteiger partial charge on any atom is 0.131 e. The van der Waals surface area contributed by atoms with E-state index in [1.807, 2.05) is 5.38 Å². The Morgan fingerprint density at radius 1 is 1.42 bits per heavy atom. The first-order valence-corrected chi connectivity index (χ1v) is 4.32. The van der Waals surface area contributed by atoms with Gasteiger partial charge in [-0.05, 0) is 6.07 Å². The van der Waals surface area contributed by atoms with Crippen LogP contribution in [0.2, 0.25) is 0 Å². The molecule has 0 saturated carbocycles. The van der Waals surface area contributed by atoms with E-state index in [0.717, 1.165) is 5.01 Å². The molecule has 0 aliphatic rings. The standard InChI is InChI=1S/C9H5FNS/c10-8-3-1-2-7(6-8)9-11-4-5-12-9/h1-5H. The van der Waals surface area contributed by atoms with Crippen molar-refractivity contribution >= 4 is 11.3 Å². The van der Waals surface area contributed by atoms with Gasteiger partial charge in [0.05, 0.1) is 0 Å². The summed E-state index contributed by atoms with van der Waals surface area (Å²) in [6, 6.07) is 7.41. The van der Waals surface area contributed by atoms with E-state index >= 15 is 0 Å². The van der Waals surface area contributed by atoms with Crippen molar-refractivity contribution in [3.8, 4) is 10.6 Å². The summed E-state index contributed by atoms with van der Waals surface area (Å²) in [6.07, 6.45) is 1.69. The summed E-state index contributed by atoms with van der Waals surface area (Å²) < 4.78 is 12.7. The van der Waals surface area contributed by atoms with Crippen molar-refractivity contribution < 1.29 is 4.39 Å². The maximum absolute atomic E-state index is 12.7. The molecule has 2 aromatic rings. The van der Waals surface area contributed by atoms with Crippen molar-refractivity contribution in [1.82, 2.24) is 4.98 Å². The van der Waals surface area contributed by atoms with E-state index in [-0.39, 0.29) is 5.82 Å². The van der Waals surface area contributed by atoms with Gasteiger partial charge in [-0.15, -0.1) is 11.3 Å². The van der Waals surface area contributed by atoms with Crippen LogP contribution >= 0.6 is 11.3 Å². The van der Waals surface area contributed by atoms with Gasteiger partial charge in [-0.1, -0.05) is 12.1 Å². The number of rotatable bonds is 1. The van der Waals surface area contributed by atoms with Crippen LogP contribution in [-0.2, 0) is 0 Å². The molecule has 0 saturated heterocycles. The van der Waals surface area contributed by atoms with Gasteiger partial charge in [0, 0.05) is 23.2 Å². The zero-order valence-corrected chi connectivity index (χ0v) is 6.94. The third-order valence-electron chi connectivity index (χ3n) is 1.42. The second kappa shape index (κ2) is 3.03. The van der Waals surface area contributed by atoms with Crippen LogP contribution in [-0.4, -0.2) is 4.98 Å². The summed E-state index contributed by atoms with van der Waals surface area (Å²) in [4.78, 5) is 4.05. The fourth-order valence-electron chi connectivity index (χ4n) is 0.922. The minimum Gasteiger partial charge on any atom is -0.245 e. The molecule has 1 radical (unpaired) electrons. The molecule has 0 fully saturated rings. The van der Waals surface area contributed by atoms with Crippen LogP contribution in [0, 0.1) is 11.9 Å². The number of halogens is 1. The quantitative estimate of drug-likeness (QED) is 0.654. The summed E-state index contributed by atoms with van der Waals surface area (Å²) in [7, 11) is 0. The molecular formula is C9H5FNS. The molecule has 12 heavy (non-hydrogen) atoms. The van der Waals surface area contributed by atoms with Crippen molar-refractivity contribution in [1.29, 1.82) is 0 Å². The molecule has 1 aromatic carbocycles. The summed E-state index contributed by atoms with van der Waals surface area (Å²) in [6.45, 7) is 0. The van der Waals surface area contributed by atoms with Gasteiger partial charge in [-0.3, -0.25) is 0 Å². The fourth-order valence-corrected chi connectivity index (χ4v) is 1.54. The Labute approximate surface area is 73.5 Å². The summed E-state index contributed by atoms with van der Waals surface area (Å²) in [5.74, 6) is -0.345. The zero-order valence-electron chi connectivity index (χ0n) is 6.12. The molecule has 59 valence electrons. The molecule has 0 spiro atoms. The number of nitrogens with zero attached hydrogens (tertiary/aromatic N) is 1. The molecule has 1 aromatic heterocycles. The van der Waals surface area contributed by atoms with Crippen LogP contribution in [0.3, 0.4) is 0 Å². The van der Waals surface area contributed by atoms with Crippen molar-refractivity contribution in [2.24, 2.45) is 0 Å². The maximum atomic E-state index is 12.7. The lowest BCUT2D eigenvalue weighted by Crippen LogP contribution is -1.78. The number of hydrogen-bond acceptors (Lipinski definition) is 2. The molecular weight excluding hydrogens is 173 g/mol. The average molecular weight is 178 g/mol. The van der Waals surface area contributed by atoms with E-state index in [2.05, 4.69) is 11.1 Å². The minimum absolute atomic E-state index is 0.345. The highest BCUT2D eigenvalue weighted by Gasteiger charge is 2.00. The van der Waals surface area contributed by atoms with E-state index in [4.69, 9.17) is 0 Å². The van der Waals surface area contributed by atoms with Gasteiger partial charge in [0.25, 0.3) is 0 Å². The van der Waals surface area contributed by atoms with Crippen molar-refractivity contribution in [3.05, 3.63) is 41.7 Å². The molecule has 0 aliphatic carbocycles. The van der Waals surface area contributed by atoms with Gasteiger partial charge in [-0.2, -0.15) is 0 Å². The highest BCUT2D eigenvalue weighted by atomic mass is 32.1. The fraction of sp³-hybridized carbons (Fsp3) is 0. The van der Waals surface area contributed by atoms with Crippen LogP contribution in [0.1, 0.15) is 0 Å². The van der Waals surface area contributed by atoms with Crippen LogP contribution in [0.15, 0.2) is 29.8 Å². The van der Waals surface area contributed by atoms with Crippen LogP contribution in [0.25, 0.3) is 10.6 Å². The van der Waals surface area contributed by atoms with E-state index in [0.29, 0.717) is 5.56 Å². The number of aromatic nitrogens is 1. The Morgan fingerprint density at radius 2 is 2.33 bits per heavy atom. The summed E-state index contributed by atoms with van der Waals surface area (Å²) in [5.41, 5.74) is 0.713. The lowest BCUT2D eigenvalue weighted by atomic mass is 10.2. The van der Waals surface area contributed by atoms with Gasteiger partial charge in [0.15, 0.2) is 0 Å². The van der Waals surface area contributed by atoms with E-state index in [9.17, 15) is 4.39 Å². The Kier molecular flexibility index (Phi) is 1.87. The Balaban J connectivity index is 2.48. The summed E-state index contributed by atoms with van der Waals surface area (Å²) in [5, 5.41) is 2.66. The van der Waals surface area contributed by atoms with Gasteiger partial charge in [-0.25, -0.2) is 9.37 Å². The number of hydrogen-bond donors (Lipinski definition) is 0. The lowest BCUT2D eigenvalue weighted by Gasteiger charge is -1.93. The average Bonchev–Trinajstić information content (AvgIpc) is 2.56. The molecule has 0 aliphatic heterocycles. The van der Waals surface area contributed by atoms with Crippen LogP contribution in [0.5, 0.6) is 0 Å². The SMILES string of the molecule is Fc1[c]c(-c2nccs2)ccc1. The molecule has 0 atom stereocenters. The largest absolute Gasteiger partial charge is 0.245 e. The van der Waals surface area contributed by atoms with Gasteiger partial charge in [0.1, 0.15) is 10.8 Å². The van der Waals surface area contributed by atoms with E-state index < -0.39 is 0 Å². The van der Waals surface area contributed by atoms with Crippen molar-refractivity contribution in [2.45, 2.75) is 0 Å². The van der Waals surface area contributed by atoms with Gasteiger partial charge in [0.2, 0.25) is 0 Å². The molecule has 0 N–H and O–H groups in total. The predicted molar refractivity (Wildman–Crippen MR) is 46.3 cm³/mol. The third kappa shape index (κ3) is 1.36. The van der Waals surface area contributed by atoms with Crippen LogP contribution < -0.4 is 0 Å². The Bertz CT molecular complexity index is 370. The third-order valence-corrected chi connectivity index (χ3v) is 2.23. The molecule has 1 nitrogen and oxygen atoms in total. The monoisotopic (exact) mass is 178 g/mol. The molecule has 0 unspecified atom stereocenters. The first-order chi connectivity index (χ1) is 5.86. The zero-order chi connectivity index (χ0) is 8.39. The second-order valence-corrected chi connectivity index (χ2v) is 3.14. The van der Waals surface area contributed by atoms with Crippen molar-refractivity contribution in [2.75, 3.05) is 0 Å². The van der Waals surface area contributed by atoms with Crippen molar-refractivity contribution in [3.63, 3.8) is 0 Å². The van der Waals surface area contributed by atoms with Crippen LogP contribution in [0.4, 0.5) is 4.39 Å². The smallest absolute Gasteiger partial charge is 0.131 e. The van der Waals surface area contributed by atoms with Gasteiger partial charge >= 0.3 is 0 Å². The highest BCUT2D eigenvalue weighted by molar-refractivity contribution is 7.13. The molecule has 1 heterocycles. The highest BCUT2D eigenvalue weighted by Crippen LogP contribution is 2.20. The van der Waals surface area contributed by atoms with E-state index in [1.165, 1.54) is 17.4 Å². The molecule has 2 rings (SSSR count). The first kappa shape index (κ1) is 7.43. The lowest BCUT2D eigenvalue weighted by molar-refractivity contribution is 0.626. The number of benzene rings is 1. The predicted octanol–water partition coefficient (Wildman–Crippen LogP) is 2.75. The molecule has 0 bridgehead atoms. The van der Waals surface area contributed by atoms with Gasteiger partial charge < -0.3 is 0 Å². The number of thiazole rings is 1. The summed E-state index contributed by atoms with van der Waals surface area (Å²) >= 11 is 1.48.